The first-order valence-corrected chi connectivity index (χ1v) is 9.89. The maximum absolute atomic E-state index is 12.8. The van der Waals surface area contributed by atoms with Gasteiger partial charge in [0.05, 0.1) is 28.3 Å². The van der Waals surface area contributed by atoms with Crippen molar-refractivity contribution in [2.45, 2.75) is 13.0 Å². The highest BCUT2D eigenvalue weighted by Gasteiger charge is 2.11. The Labute approximate surface area is 177 Å². The monoisotopic (exact) mass is 420 g/mol. The lowest BCUT2D eigenvalue weighted by Crippen LogP contribution is -2.23. The molecule has 4 aromatic rings. The van der Waals surface area contributed by atoms with E-state index in [0.717, 1.165) is 10.9 Å². The first kappa shape index (κ1) is 19.9. The Kier molecular flexibility index (Phi) is 5.69. The van der Waals surface area contributed by atoms with Crippen LogP contribution < -0.4 is 10.9 Å². The molecule has 0 aliphatic heterocycles. The van der Waals surface area contributed by atoms with Gasteiger partial charge in [-0.3, -0.25) is 19.1 Å². The highest BCUT2D eigenvalue weighted by atomic mass is 32.1. The molecule has 0 aliphatic carbocycles. The molecule has 0 saturated heterocycles. The quantitative estimate of drug-likeness (QED) is 0.365. The number of anilines is 1. The summed E-state index contributed by atoms with van der Waals surface area (Å²) in [6.45, 7) is 1.01. The van der Waals surface area contributed by atoms with E-state index >= 15 is 0 Å². The number of aromatic nitrogens is 3. The van der Waals surface area contributed by atoms with Gasteiger partial charge in [0, 0.05) is 31.2 Å². The molecule has 0 saturated carbocycles. The summed E-state index contributed by atoms with van der Waals surface area (Å²) in [6, 6.07) is 14.5. The number of ether oxygens (including phenoxy) is 1. The Bertz CT molecular complexity index is 1360. The van der Waals surface area contributed by atoms with Crippen LogP contribution in [0.2, 0.25) is 0 Å². The van der Waals surface area contributed by atoms with Crippen LogP contribution in [-0.2, 0) is 11.3 Å². The standard InChI is InChI=1S/C22H20N4O3S/c1-29-10-4-9-26-21(28)17-8-7-15(12-19(17)25-22(26)30)20(27)24-16-11-14-5-2-3-6-18(14)23-13-16/h2-3,5-8,11-13H,4,9-10H2,1H3,(H,24,27)(H,25,30). The summed E-state index contributed by atoms with van der Waals surface area (Å²) in [6.07, 6.45) is 2.30. The number of carbonyl (C=O) groups excluding carboxylic acids is 1. The molecular weight excluding hydrogens is 400 g/mol. The number of nitrogens with one attached hydrogen (secondary N) is 2. The summed E-state index contributed by atoms with van der Waals surface area (Å²) in [5.74, 6) is -0.294. The molecule has 2 heterocycles. The molecule has 2 aromatic heterocycles. The van der Waals surface area contributed by atoms with Gasteiger partial charge in [0.1, 0.15) is 0 Å². The molecule has 2 aromatic carbocycles. The average Bonchev–Trinajstić information content (AvgIpc) is 2.75. The van der Waals surface area contributed by atoms with Gasteiger partial charge in [0.2, 0.25) is 0 Å². The molecule has 4 rings (SSSR count). The van der Waals surface area contributed by atoms with Crippen LogP contribution in [-0.4, -0.2) is 34.2 Å². The van der Waals surface area contributed by atoms with E-state index in [9.17, 15) is 9.59 Å². The lowest BCUT2D eigenvalue weighted by molar-refractivity contribution is 0.102. The van der Waals surface area contributed by atoms with E-state index in [1.54, 1.807) is 31.5 Å². The van der Waals surface area contributed by atoms with Crippen LogP contribution in [0.4, 0.5) is 5.69 Å². The van der Waals surface area contributed by atoms with Crippen molar-refractivity contribution >= 4 is 45.6 Å². The number of aromatic amines is 1. The predicted octanol–water partition coefficient (Wildman–Crippen LogP) is 3.90. The number of nitrogens with zero attached hydrogens (tertiary/aromatic N) is 2. The van der Waals surface area contributed by atoms with E-state index in [1.165, 1.54) is 4.57 Å². The second kappa shape index (κ2) is 8.56. The van der Waals surface area contributed by atoms with Gasteiger partial charge in [-0.05, 0) is 49.0 Å². The zero-order chi connectivity index (χ0) is 21.1. The van der Waals surface area contributed by atoms with Crippen LogP contribution >= 0.6 is 12.2 Å². The molecule has 0 aliphatic rings. The molecule has 0 atom stereocenters. The van der Waals surface area contributed by atoms with Crippen molar-refractivity contribution in [3.05, 3.63) is 75.4 Å². The molecule has 152 valence electrons. The second-order valence-electron chi connectivity index (χ2n) is 6.86. The number of amides is 1. The van der Waals surface area contributed by atoms with Gasteiger partial charge >= 0.3 is 0 Å². The third kappa shape index (κ3) is 4.00. The molecule has 8 heteroatoms. The minimum absolute atomic E-state index is 0.185. The number of rotatable bonds is 6. The average molecular weight is 420 g/mol. The smallest absolute Gasteiger partial charge is 0.262 e. The van der Waals surface area contributed by atoms with E-state index in [1.807, 2.05) is 30.3 Å². The normalized spacial score (nSPS) is 11.1. The number of para-hydroxylation sites is 1. The maximum atomic E-state index is 12.8. The van der Waals surface area contributed by atoms with E-state index in [-0.39, 0.29) is 11.5 Å². The summed E-state index contributed by atoms with van der Waals surface area (Å²) in [5.41, 5.74) is 2.21. The summed E-state index contributed by atoms with van der Waals surface area (Å²) in [5, 5.41) is 4.27. The van der Waals surface area contributed by atoms with Crippen LogP contribution in [0.3, 0.4) is 0 Å². The van der Waals surface area contributed by atoms with Gasteiger partial charge in [-0.2, -0.15) is 0 Å². The minimum Gasteiger partial charge on any atom is -0.385 e. The van der Waals surface area contributed by atoms with Crippen LogP contribution in [0.25, 0.3) is 21.8 Å². The van der Waals surface area contributed by atoms with Crippen molar-refractivity contribution in [3.63, 3.8) is 0 Å². The molecule has 0 fully saturated rings. The lowest BCUT2D eigenvalue weighted by Gasteiger charge is -2.10. The van der Waals surface area contributed by atoms with Gasteiger partial charge in [-0.15, -0.1) is 0 Å². The Morgan fingerprint density at radius 2 is 2.07 bits per heavy atom. The number of hydrogen-bond acceptors (Lipinski definition) is 5. The van der Waals surface area contributed by atoms with E-state index in [0.29, 0.717) is 46.5 Å². The SMILES string of the molecule is COCCCn1c(=S)[nH]c2cc(C(=O)Nc3cnc4ccccc4c3)ccc2c1=O. The molecule has 1 amide bonds. The molecule has 0 unspecified atom stereocenters. The number of H-pyrrole nitrogens is 1. The molecule has 0 bridgehead atoms. The molecule has 7 nitrogen and oxygen atoms in total. The van der Waals surface area contributed by atoms with Crippen LogP contribution in [0.5, 0.6) is 0 Å². The Balaban J connectivity index is 1.62. The number of pyridine rings is 1. The van der Waals surface area contributed by atoms with Crippen molar-refractivity contribution in [2.75, 3.05) is 19.0 Å². The predicted molar refractivity (Wildman–Crippen MR) is 120 cm³/mol. The fourth-order valence-corrected chi connectivity index (χ4v) is 3.59. The van der Waals surface area contributed by atoms with Gasteiger partial charge in [0.15, 0.2) is 4.77 Å². The fourth-order valence-electron chi connectivity index (χ4n) is 3.31. The second-order valence-corrected chi connectivity index (χ2v) is 7.25. The first-order chi connectivity index (χ1) is 14.6. The lowest BCUT2D eigenvalue weighted by atomic mass is 10.1. The molecule has 0 spiro atoms. The van der Waals surface area contributed by atoms with Gasteiger partial charge in [-0.1, -0.05) is 18.2 Å². The fraction of sp³-hybridized carbons (Fsp3) is 0.182. The first-order valence-electron chi connectivity index (χ1n) is 9.49. The van der Waals surface area contributed by atoms with Crippen LogP contribution in [0.1, 0.15) is 16.8 Å². The zero-order valence-corrected chi connectivity index (χ0v) is 17.2. The molecular formula is C22H20N4O3S. The Morgan fingerprint density at radius 3 is 2.90 bits per heavy atom. The molecule has 0 radical (unpaired) electrons. The van der Waals surface area contributed by atoms with Gasteiger partial charge < -0.3 is 15.0 Å². The van der Waals surface area contributed by atoms with Crippen LogP contribution in [0, 0.1) is 4.77 Å². The van der Waals surface area contributed by atoms with Crippen molar-refractivity contribution in [3.8, 4) is 0 Å². The summed E-state index contributed by atoms with van der Waals surface area (Å²) >= 11 is 5.33. The summed E-state index contributed by atoms with van der Waals surface area (Å²) in [7, 11) is 1.62. The number of fused-ring (bicyclic) bond motifs is 2. The topological polar surface area (TPSA) is 89.0 Å². The summed E-state index contributed by atoms with van der Waals surface area (Å²) in [4.78, 5) is 32.9. The minimum atomic E-state index is -0.294. The molecule has 30 heavy (non-hydrogen) atoms. The van der Waals surface area contributed by atoms with Crippen molar-refractivity contribution in [1.82, 2.24) is 14.5 Å². The number of carbonyl (C=O) groups is 1. The van der Waals surface area contributed by atoms with Crippen molar-refractivity contribution in [2.24, 2.45) is 0 Å². The Hall–Kier alpha value is -3.36. The number of hydrogen-bond donors (Lipinski definition) is 2. The van der Waals surface area contributed by atoms with Gasteiger partial charge in [0.25, 0.3) is 11.5 Å². The van der Waals surface area contributed by atoms with E-state index in [2.05, 4.69) is 15.3 Å². The third-order valence-corrected chi connectivity index (χ3v) is 5.15. The van der Waals surface area contributed by atoms with Gasteiger partial charge in [-0.25, -0.2) is 0 Å². The highest BCUT2D eigenvalue weighted by molar-refractivity contribution is 7.71. The summed E-state index contributed by atoms with van der Waals surface area (Å²) < 4.78 is 6.87. The molecule has 2 N–H and O–H groups in total. The van der Waals surface area contributed by atoms with Crippen molar-refractivity contribution in [1.29, 1.82) is 0 Å². The van der Waals surface area contributed by atoms with E-state index in [4.69, 9.17) is 17.0 Å². The van der Waals surface area contributed by atoms with E-state index < -0.39 is 0 Å². The number of methoxy groups -OCH3 is 1. The maximum Gasteiger partial charge on any atom is 0.262 e. The van der Waals surface area contributed by atoms with Crippen molar-refractivity contribution < 1.29 is 9.53 Å². The highest BCUT2D eigenvalue weighted by Crippen LogP contribution is 2.18. The third-order valence-electron chi connectivity index (χ3n) is 4.82. The zero-order valence-electron chi connectivity index (χ0n) is 16.3. The Morgan fingerprint density at radius 1 is 1.23 bits per heavy atom. The number of benzene rings is 2. The largest absolute Gasteiger partial charge is 0.385 e. The van der Waals surface area contributed by atoms with Crippen LogP contribution in [0.15, 0.2) is 59.5 Å².